The van der Waals surface area contributed by atoms with Crippen molar-refractivity contribution in [2.24, 2.45) is 10.9 Å². The number of aromatic nitrogens is 1. The fraction of sp³-hybridized carbons (Fsp3) is 0.400. The molecule has 1 rings (SSSR count). The third-order valence-electron chi connectivity index (χ3n) is 1.81. The van der Waals surface area contributed by atoms with Gasteiger partial charge in [0.1, 0.15) is 18.1 Å². The fourth-order valence-electron chi connectivity index (χ4n) is 1.03. The van der Waals surface area contributed by atoms with E-state index < -0.39 is 0 Å². The Hall–Kier alpha value is -1.82. The van der Waals surface area contributed by atoms with Crippen molar-refractivity contribution in [1.82, 2.24) is 4.98 Å². The highest BCUT2D eigenvalue weighted by atomic mass is 16.5. The zero-order chi connectivity index (χ0) is 11.8. The summed E-state index contributed by atoms with van der Waals surface area (Å²) in [7, 11) is 0. The van der Waals surface area contributed by atoms with Crippen LogP contribution in [0.15, 0.2) is 23.5 Å². The maximum atomic E-state index is 8.43. The first-order valence-corrected chi connectivity index (χ1v) is 4.92. The van der Waals surface area contributed by atoms with Crippen molar-refractivity contribution in [2.45, 2.75) is 6.92 Å². The number of rotatable bonds is 6. The fourth-order valence-corrected chi connectivity index (χ4v) is 1.03. The second-order valence-corrected chi connectivity index (χ2v) is 2.91. The highest BCUT2D eigenvalue weighted by Gasteiger charge is 2.01. The normalized spacial score (nSPS) is 11.4. The summed E-state index contributed by atoms with van der Waals surface area (Å²) in [6, 6.07) is 3.32. The van der Waals surface area contributed by atoms with E-state index in [0.717, 1.165) is 0 Å². The van der Waals surface area contributed by atoms with E-state index in [-0.39, 0.29) is 5.84 Å². The second kappa shape index (κ2) is 6.62. The first kappa shape index (κ1) is 12.3. The summed E-state index contributed by atoms with van der Waals surface area (Å²) in [5.74, 6) is 0.593. The van der Waals surface area contributed by atoms with Crippen molar-refractivity contribution >= 4 is 5.84 Å². The van der Waals surface area contributed by atoms with Crippen LogP contribution in [0.3, 0.4) is 0 Å². The minimum atomic E-state index is -0.0270. The van der Waals surface area contributed by atoms with Crippen molar-refractivity contribution in [2.75, 3.05) is 19.8 Å². The lowest BCUT2D eigenvalue weighted by Gasteiger charge is -2.06. The van der Waals surface area contributed by atoms with Crippen LogP contribution in [0.5, 0.6) is 5.75 Å². The topological polar surface area (TPSA) is 90.0 Å². The Labute approximate surface area is 93.7 Å². The summed E-state index contributed by atoms with van der Waals surface area (Å²) >= 11 is 0. The molecule has 16 heavy (non-hydrogen) atoms. The molecule has 0 aliphatic carbocycles. The molecule has 0 atom stereocenters. The lowest BCUT2D eigenvalue weighted by Crippen LogP contribution is -2.14. The monoisotopic (exact) mass is 225 g/mol. The molecule has 0 aromatic carbocycles. The Morgan fingerprint density at radius 3 is 2.88 bits per heavy atom. The predicted octanol–water partition coefficient (Wildman–Crippen LogP) is 0.591. The van der Waals surface area contributed by atoms with Gasteiger partial charge < -0.3 is 20.4 Å². The van der Waals surface area contributed by atoms with Crippen molar-refractivity contribution in [1.29, 1.82) is 0 Å². The van der Waals surface area contributed by atoms with E-state index in [1.165, 1.54) is 6.20 Å². The number of nitrogens with zero attached hydrogens (tertiary/aromatic N) is 2. The first-order chi connectivity index (χ1) is 7.77. The van der Waals surface area contributed by atoms with Gasteiger partial charge in [-0.15, -0.1) is 0 Å². The highest BCUT2D eigenvalue weighted by Crippen LogP contribution is 2.08. The number of hydrogen-bond acceptors (Lipinski definition) is 5. The van der Waals surface area contributed by atoms with Gasteiger partial charge in [-0.1, -0.05) is 5.16 Å². The molecule has 0 saturated heterocycles. The molecule has 0 aliphatic heterocycles. The molecular weight excluding hydrogens is 210 g/mol. The van der Waals surface area contributed by atoms with Crippen molar-refractivity contribution in [3.8, 4) is 5.75 Å². The van der Waals surface area contributed by atoms with Crippen LogP contribution in [0.4, 0.5) is 0 Å². The van der Waals surface area contributed by atoms with Crippen LogP contribution in [0.1, 0.15) is 12.6 Å². The van der Waals surface area contributed by atoms with Gasteiger partial charge in [0.15, 0.2) is 5.84 Å². The van der Waals surface area contributed by atoms with Crippen molar-refractivity contribution in [3.63, 3.8) is 0 Å². The lowest BCUT2D eigenvalue weighted by molar-refractivity contribution is 0.110. The summed E-state index contributed by atoms with van der Waals surface area (Å²) in [6.45, 7) is 3.61. The number of hydrogen-bond donors (Lipinski definition) is 2. The molecule has 3 N–H and O–H groups in total. The standard InChI is InChI=1S/C10H15N3O3/c1-2-15-5-6-16-8-3-4-9(12-7-8)10(11)13-14/h3-4,7,14H,2,5-6H2,1H3,(H2,11,13). The Morgan fingerprint density at radius 2 is 2.31 bits per heavy atom. The molecule has 0 radical (unpaired) electrons. The molecule has 88 valence electrons. The Kier molecular flexibility index (Phi) is 5.07. The van der Waals surface area contributed by atoms with Crippen LogP contribution < -0.4 is 10.5 Å². The molecule has 1 heterocycles. The SMILES string of the molecule is CCOCCOc1ccc(/C(N)=N/O)nc1. The first-order valence-electron chi connectivity index (χ1n) is 4.92. The number of nitrogens with two attached hydrogens (primary N) is 1. The van der Waals surface area contributed by atoms with Gasteiger partial charge in [0.25, 0.3) is 0 Å². The number of amidine groups is 1. The van der Waals surface area contributed by atoms with E-state index in [4.69, 9.17) is 20.4 Å². The summed E-state index contributed by atoms with van der Waals surface area (Å²) in [5, 5.41) is 11.3. The zero-order valence-electron chi connectivity index (χ0n) is 9.09. The third-order valence-corrected chi connectivity index (χ3v) is 1.81. The van der Waals surface area contributed by atoms with Crippen LogP contribution >= 0.6 is 0 Å². The predicted molar refractivity (Wildman–Crippen MR) is 58.7 cm³/mol. The number of oxime groups is 1. The molecule has 1 aromatic heterocycles. The van der Waals surface area contributed by atoms with Gasteiger partial charge in [-0.05, 0) is 19.1 Å². The van der Waals surface area contributed by atoms with Crippen LogP contribution in [0.2, 0.25) is 0 Å². The van der Waals surface area contributed by atoms with Gasteiger partial charge in [0.05, 0.1) is 12.8 Å². The van der Waals surface area contributed by atoms with E-state index in [1.807, 2.05) is 6.92 Å². The average Bonchev–Trinajstić information content (AvgIpc) is 2.34. The van der Waals surface area contributed by atoms with Gasteiger partial charge >= 0.3 is 0 Å². The molecule has 6 heteroatoms. The second-order valence-electron chi connectivity index (χ2n) is 2.91. The maximum absolute atomic E-state index is 8.43. The molecule has 0 amide bonds. The van der Waals surface area contributed by atoms with E-state index in [9.17, 15) is 0 Å². The molecule has 0 saturated carbocycles. The molecule has 0 unspecified atom stereocenters. The number of ether oxygens (including phenoxy) is 2. The molecular formula is C10H15N3O3. The molecule has 0 spiro atoms. The van der Waals surface area contributed by atoms with Gasteiger partial charge in [-0.25, -0.2) is 4.98 Å². The Bertz CT molecular complexity index is 338. The van der Waals surface area contributed by atoms with E-state index in [1.54, 1.807) is 12.1 Å². The maximum Gasteiger partial charge on any atom is 0.188 e. The summed E-state index contributed by atoms with van der Waals surface area (Å²) in [6.07, 6.45) is 1.51. The van der Waals surface area contributed by atoms with Crippen molar-refractivity contribution < 1.29 is 14.7 Å². The molecule has 6 nitrogen and oxygen atoms in total. The molecule has 1 aromatic rings. The largest absolute Gasteiger partial charge is 0.490 e. The van der Waals surface area contributed by atoms with Gasteiger partial charge in [0.2, 0.25) is 0 Å². The van der Waals surface area contributed by atoms with Crippen LogP contribution in [-0.2, 0) is 4.74 Å². The summed E-state index contributed by atoms with van der Waals surface area (Å²) < 4.78 is 10.5. The molecule has 0 bridgehead atoms. The Balaban J connectivity index is 2.45. The quantitative estimate of drug-likeness (QED) is 0.243. The average molecular weight is 225 g/mol. The molecule has 0 fully saturated rings. The van der Waals surface area contributed by atoms with Crippen LogP contribution in [0, 0.1) is 0 Å². The zero-order valence-corrected chi connectivity index (χ0v) is 9.09. The van der Waals surface area contributed by atoms with E-state index in [0.29, 0.717) is 31.3 Å². The smallest absolute Gasteiger partial charge is 0.188 e. The van der Waals surface area contributed by atoms with E-state index >= 15 is 0 Å². The van der Waals surface area contributed by atoms with Crippen LogP contribution in [0.25, 0.3) is 0 Å². The minimum absolute atomic E-state index is 0.0270. The van der Waals surface area contributed by atoms with Crippen molar-refractivity contribution in [3.05, 3.63) is 24.0 Å². The van der Waals surface area contributed by atoms with Crippen LogP contribution in [-0.4, -0.2) is 35.8 Å². The van der Waals surface area contributed by atoms with Gasteiger partial charge in [0, 0.05) is 6.61 Å². The Morgan fingerprint density at radius 1 is 1.50 bits per heavy atom. The third kappa shape index (κ3) is 3.74. The van der Waals surface area contributed by atoms with Gasteiger partial charge in [-0.3, -0.25) is 0 Å². The molecule has 0 aliphatic rings. The lowest BCUT2D eigenvalue weighted by atomic mass is 10.3. The summed E-state index contributed by atoms with van der Waals surface area (Å²) in [5.41, 5.74) is 5.76. The number of pyridine rings is 1. The van der Waals surface area contributed by atoms with Gasteiger partial charge in [-0.2, -0.15) is 0 Å². The highest BCUT2D eigenvalue weighted by molar-refractivity contribution is 5.95. The van der Waals surface area contributed by atoms with E-state index in [2.05, 4.69) is 10.1 Å². The minimum Gasteiger partial charge on any atom is -0.490 e. The summed E-state index contributed by atoms with van der Waals surface area (Å²) in [4.78, 5) is 3.97.